The molecule has 0 aromatic heterocycles. The molecule has 1 aliphatic rings. The fraction of sp³-hybridized carbons (Fsp3) is 0.364. The van der Waals surface area contributed by atoms with Gasteiger partial charge in [0.05, 0.1) is 13.5 Å². The third-order valence-corrected chi connectivity index (χ3v) is 5.05. The summed E-state index contributed by atoms with van der Waals surface area (Å²) in [6, 6.07) is 13.1. The van der Waals surface area contributed by atoms with E-state index in [-0.39, 0.29) is 24.2 Å². The maximum atomic E-state index is 12.5. The average molecular weight is 366 g/mol. The number of anilines is 2. The van der Waals surface area contributed by atoms with Gasteiger partial charge < -0.3 is 15.4 Å². The van der Waals surface area contributed by atoms with Crippen LogP contribution in [0.25, 0.3) is 0 Å². The van der Waals surface area contributed by atoms with E-state index in [1.807, 2.05) is 49.4 Å². The molecule has 2 aromatic rings. The van der Waals surface area contributed by atoms with Gasteiger partial charge in [0, 0.05) is 22.9 Å². The van der Waals surface area contributed by atoms with E-state index in [2.05, 4.69) is 10.6 Å². The predicted molar refractivity (Wildman–Crippen MR) is 107 cm³/mol. The van der Waals surface area contributed by atoms with Crippen LogP contribution < -0.4 is 15.4 Å². The van der Waals surface area contributed by atoms with Crippen molar-refractivity contribution in [2.24, 2.45) is 5.92 Å². The van der Waals surface area contributed by atoms with Gasteiger partial charge in [-0.15, -0.1) is 0 Å². The fourth-order valence-corrected chi connectivity index (χ4v) is 3.48. The maximum absolute atomic E-state index is 12.5. The summed E-state index contributed by atoms with van der Waals surface area (Å²) in [6.45, 7) is 1.93. The summed E-state index contributed by atoms with van der Waals surface area (Å²) >= 11 is 0. The average Bonchev–Trinajstić information content (AvgIpc) is 3.20. The van der Waals surface area contributed by atoms with Gasteiger partial charge in [0.2, 0.25) is 11.8 Å². The lowest BCUT2D eigenvalue weighted by Crippen LogP contribution is -2.20. The van der Waals surface area contributed by atoms with Gasteiger partial charge in [-0.3, -0.25) is 9.59 Å². The topological polar surface area (TPSA) is 67.4 Å². The van der Waals surface area contributed by atoms with Crippen molar-refractivity contribution in [3.63, 3.8) is 0 Å². The number of amides is 2. The molecule has 1 fully saturated rings. The van der Waals surface area contributed by atoms with Crippen molar-refractivity contribution < 1.29 is 14.3 Å². The zero-order valence-corrected chi connectivity index (χ0v) is 15.9. The summed E-state index contributed by atoms with van der Waals surface area (Å²) in [5, 5.41) is 5.93. The lowest BCUT2D eigenvalue weighted by atomic mass is 10.1. The number of para-hydroxylation sites is 1. The Kier molecular flexibility index (Phi) is 6.12. The van der Waals surface area contributed by atoms with Gasteiger partial charge in [-0.05, 0) is 43.5 Å². The molecule has 1 aliphatic carbocycles. The Labute approximate surface area is 160 Å². The number of hydrogen-bond donors (Lipinski definition) is 2. The molecule has 142 valence electrons. The highest BCUT2D eigenvalue weighted by Gasteiger charge is 2.22. The van der Waals surface area contributed by atoms with Crippen molar-refractivity contribution in [1.29, 1.82) is 0 Å². The Balaban J connectivity index is 1.67. The lowest BCUT2D eigenvalue weighted by molar-refractivity contribution is -0.119. The van der Waals surface area contributed by atoms with Crippen LogP contribution in [0.2, 0.25) is 0 Å². The molecule has 5 heteroatoms. The van der Waals surface area contributed by atoms with E-state index in [9.17, 15) is 9.59 Å². The van der Waals surface area contributed by atoms with Gasteiger partial charge in [-0.25, -0.2) is 0 Å². The molecule has 0 aliphatic heterocycles. The number of methoxy groups -OCH3 is 1. The van der Waals surface area contributed by atoms with E-state index in [1.165, 1.54) is 0 Å². The van der Waals surface area contributed by atoms with Gasteiger partial charge in [0.1, 0.15) is 5.75 Å². The largest absolute Gasteiger partial charge is 0.496 e. The second kappa shape index (κ2) is 8.71. The van der Waals surface area contributed by atoms with Crippen molar-refractivity contribution in [3.05, 3.63) is 53.6 Å². The molecule has 5 nitrogen and oxygen atoms in total. The molecule has 0 spiro atoms. The molecule has 0 atom stereocenters. The van der Waals surface area contributed by atoms with Crippen LogP contribution in [0.4, 0.5) is 11.4 Å². The van der Waals surface area contributed by atoms with E-state index >= 15 is 0 Å². The third-order valence-electron chi connectivity index (χ3n) is 5.05. The minimum atomic E-state index is -0.123. The minimum absolute atomic E-state index is 0.0719. The van der Waals surface area contributed by atoms with Crippen molar-refractivity contribution in [3.8, 4) is 5.75 Å². The standard InChI is InChI=1S/C22H26N2O3/c1-15-11-12-18(23-22(26)16-7-3-4-8-16)14-19(15)24-21(25)13-17-9-5-6-10-20(17)27-2/h5-6,9-12,14,16H,3-4,7-8,13H2,1-2H3,(H,23,26)(H,24,25). The molecular formula is C22H26N2O3. The van der Waals surface area contributed by atoms with Crippen LogP contribution >= 0.6 is 0 Å². The van der Waals surface area contributed by atoms with Crippen LogP contribution in [0.3, 0.4) is 0 Å². The van der Waals surface area contributed by atoms with Gasteiger partial charge in [0.25, 0.3) is 0 Å². The molecule has 0 radical (unpaired) electrons. The third kappa shape index (κ3) is 4.88. The SMILES string of the molecule is COc1ccccc1CC(=O)Nc1cc(NC(=O)C2CCCC2)ccc1C. The summed E-state index contributed by atoms with van der Waals surface area (Å²) in [4.78, 5) is 24.8. The first-order valence-corrected chi connectivity index (χ1v) is 9.40. The van der Waals surface area contributed by atoms with Crippen LogP contribution in [-0.4, -0.2) is 18.9 Å². The van der Waals surface area contributed by atoms with Gasteiger partial charge in [0.15, 0.2) is 0 Å². The number of carbonyl (C=O) groups excluding carboxylic acids is 2. The molecule has 2 N–H and O–H groups in total. The zero-order valence-electron chi connectivity index (χ0n) is 15.9. The van der Waals surface area contributed by atoms with E-state index in [0.717, 1.165) is 36.8 Å². The molecule has 0 saturated heterocycles. The Morgan fingerprint density at radius 1 is 1.07 bits per heavy atom. The van der Waals surface area contributed by atoms with Gasteiger partial charge in [-0.2, -0.15) is 0 Å². The Morgan fingerprint density at radius 3 is 2.56 bits per heavy atom. The van der Waals surface area contributed by atoms with Gasteiger partial charge in [-0.1, -0.05) is 37.1 Å². The first-order chi connectivity index (χ1) is 13.1. The Hall–Kier alpha value is -2.82. The number of benzene rings is 2. The summed E-state index contributed by atoms with van der Waals surface area (Å²) in [6.07, 6.45) is 4.38. The number of carbonyl (C=O) groups is 2. The van der Waals surface area contributed by atoms with Crippen LogP contribution in [0.5, 0.6) is 5.75 Å². The number of rotatable bonds is 6. The Bertz CT molecular complexity index is 826. The fourth-order valence-electron chi connectivity index (χ4n) is 3.48. The van der Waals surface area contributed by atoms with Crippen molar-refractivity contribution >= 4 is 23.2 Å². The molecular weight excluding hydrogens is 340 g/mol. The maximum Gasteiger partial charge on any atom is 0.228 e. The highest BCUT2D eigenvalue weighted by Crippen LogP contribution is 2.27. The van der Waals surface area contributed by atoms with Crippen LogP contribution in [0, 0.1) is 12.8 Å². The second-order valence-corrected chi connectivity index (χ2v) is 7.04. The van der Waals surface area contributed by atoms with Gasteiger partial charge >= 0.3 is 0 Å². The quantitative estimate of drug-likeness (QED) is 0.800. The van der Waals surface area contributed by atoms with Crippen LogP contribution in [0.1, 0.15) is 36.8 Å². The van der Waals surface area contributed by atoms with E-state index in [0.29, 0.717) is 17.1 Å². The molecule has 27 heavy (non-hydrogen) atoms. The summed E-state index contributed by atoms with van der Waals surface area (Å²) in [5.41, 5.74) is 3.20. The molecule has 3 rings (SSSR count). The van der Waals surface area contributed by atoms with E-state index < -0.39 is 0 Å². The Morgan fingerprint density at radius 2 is 1.81 bits per heavy atom. The molecule has 2 aromatic carbocycles. The first-order valence-electron chi connectivity index (χ1n) is 9.40. The molecule has 1 saturated carbocycles. The van der Waals surface area contributed by atoms with Crippen molar-refractivity contribution in [2.45, 2.75) is 39.0 Å². The van der Waals surface area contributed by atoms with Crippen LogP contribution in [-0.2, 0) is 16.0 Å². The molecule has 2 amide bonds. The number of ether oxygens (including phenoxy) is 1. The highest BCUT2D eigenvalue weighted by atomic mass is 16.5. The predicted octanol–water partition coefficient (Wildman–Crippen LogP) is 4.31. The number of nitrogens with one attached hydrogen (secondary N) is 2. The first kappa shape index (κ1) is 19.0. The normalized spacial score (nSPS) is 14.0. The number of aryl methyl sites for hydroxylation is 1. The summed E-state index contributed by atoms with van der Waals surface area (Å²) in [5.74, 6) is 0.751. The zero-order chi connectivity index (χ0) is 19.2. The van der Waals surface area contributed by atoms with Crippen molar-refractivity contribution in [1.82, 2.24) is 0 Å². The number of hydrogen-bond acceptors (Lipinski definition) is 3. The van der Waals surface area contributed by atoms with E-state index in [4.69, 9.17) is 4.74 Å². The second-order valence-electron chi connectivity index (χ2n) is 7.04. The smallest absolute Gasteiger partial charge is 0.228 e. The molecule has 0 heterocycles. The minimum Gasteiger partial charge on any atom is -0.496 e. The molecule has 0 bridgehead atoms. The van der Waals surface area contributed by atoms with Crippen LogP contribution in [0.15, 0.2) is 42.5 Å². The summed E-state index contributed by atoms with van der Waals surface area (Å²) < 4.78 is 5.30. The molecule has 0 unspecified atom stereocenters. The highest BCUT2D eigenvalue weighted by molar-refractivity contribution is 5.96. The van der Waals surface area contributed by atoms with E-state index in [1.54, 1.807) is 7.11 Å². The monoisotopic (exact) mass is 366 g/mol. The lowest BCUT2D eigenvalue weighted by Gasteiger charge is -2.14. The summed E-state index contributed by atoms with van der Waals surface area (Å²) in [7, 11) is 1.59. The van der Waals surface area contributed by atoms with Crippen molar-refractivity contribution in [2.75, 3.05) is 17.7 Å².